The zero-order valence-electron chi connectivity index (χ0n) is 15.3. The van der Waals surface area contributed by atoms with Gasteiger partial charge in [0.05, 0.1) is 17.7 Å². The molecule has 2 aromatic carbocycles. The number of aromatic hydroxyl groups is 1. The molecule has 2 aromatic rings. The van der Waals surface area contributed by atoms with Crippen LogP contribution < -0.4 is 10.1 Å². The zero-order valence-corrected chi connectivity index (χ0v) is 16.9. The normalized spacial score (nSPS) is 15.2. The molecule has 1 aliphatic rings. The maximum atomic E-state index is 12.6. The van der Waals surface area contributed by atoms with Crippen LogP contribution >= 0.6 is 24.0 Å². The summed E-state index contributed by atoms with van der Waals surface area (Å²) in [6, 6.07) is 12.2. The average molecular weight is 415 g/mol. The van der Waals surface area contributed by atoms with Gasteiger partial charge in [-0.1, -0.05) is 42.2 Å². The van der Waals surface area contributed by atoms with E-state index in [-0.39, 0.29) is 18.2 Å². The first-order valence-electron chi connectivity index (χ1n) is 8.36. The van der Waals surface area contributed by atoms with Crippen molar-refractivity contribution in [2.45, 2.75) is 6.92 Å². The second-order valence-corrected chi connectivity index (χ2v) is 7.79. The minimum absolute atomic E-state index is 0.0382. The Morgan fingerprint density at radius 3 is 2.68 bits per heavy atom. The lowest BCUT2D eigenvalue weighted by Gasteiger charge is -2.15. The number of carbonyl (C=O) groups excluding carboxylic acids is 2. The van der Waals surface area contributed by atoms with Crippen LogP contribution in [0.2, 0.25) is 0 Å². The summed E-state index contributed by atoms with van der Waals surface area (Å²) in [6.07, 6.45) is 1.73. The van der Waals surface area contributed by atoms with E-state index in [1.165, 1.54) is 11.0 Å². The van der Waals surface area contributed by atoms with Gasteiger partial charge in [-0.3, -0.25) is 14.5 Å². The van der Waals surface area contributed by atoms with Crippen LogP contribution in [0.25, 0.3) is 6.08 Å². The molecule has 0 unspecified atom stereocenters. The number of aryl methyl sites for hydroxylation is 1. The number of nitrogens with zero attached hydrogens (tertiary/aromatic N) is 1. The number of methoxy groups -OCH3 is 1. The molecule has 144 valence electrons. The molecule has 8 heteroatoms. The summed E-state index contributed by atoms with van der Waals surface area (Å²) in [5, 5.41) is 12.5. The van der Waals surface area contributed by atoms with Crippen molar-refractivity contribution in [3.8, 4) is 11.5 Å². The Bertz CT molecular complexity index is 971. The van der Waals surface area contributed by atoms with E-state index >= 15 is 0 Å². The van der Waals surface area contributed by atoms with Gasteiger partial charge in [-0.2, -0.15) is 0 Å². The van der Waals surface area contributed by atoms with Gasteiger partial charge in [0.15, 0.2) is 0 Å². The number of thioether (sulfide) groups is 1. The van der Waals surface area contributed by atoms with Crippen molar-refractivity contribution in [2.75, 3.05) is 19.0 Å². The number of phenolic OH excluding ortho intramolecular Hbond substituents is 1. The zero-order chi connectivity index (χ0) is 20.3. The van der Waals surface area contributed by atoms with Gasteiger partial charge in [0.2, 0.25) is 5.91 Å². The predicted octanol–water partition coefficient (Wildman–Crippen LogP) is 3.55. The Labute approximate surface area is 172 Å². The number of carbonyl (C=O) groups is 2. The molecule has 0 spiro atoms. The lowest BCUT2D eigenvalue weighted by molar-refractivity contribution is -0.126. The van der Waals surface area contributed by atoms with Gasteiger partial charge in [0.25, 0.3) is 5.91 Å². The quantitative estimate of drug-likeness (QED) is 0.443. The SMILES string of the molecule is COc1ccc(/C=C2\SC(=S)N(CC(=O)Nc3cc(C)ccc3O)C2=O)cc1. The highest BCUT2D eigenvalue weighted by Gasteiger charge is 2.33. The van der Waals surface area contributed by atoms with Crippen molar-refractivity contribution in [1.29, 1.82) is 0 Å². The maximum absolute atomic E-state index is 12.6. The molecular formula is C20H18N2O4S2. The molecule has 1 saturated heterocycles. The number of amides is 2. The van der Waals surface area contributed by atoms with Gasteiger partial charge in [-0.25, -0.2) is 0 Å². The molecule has 2 amide bonds. The Morgan fingerprint density at radius 2 is 2.00 bits per heavy atom. The second kappa shape index (κ2) is 8.45. The van der Waals surface area contributed by atoms with Crippen molar-refractivity contribution < 1.29 is 19.4 Å². The monoisotopic (exact) mass is 414 g/mol. The highest BCUT2D eigenvalue weighted by molar-refractivity contribution is 8.26. The van der Waals surface area contributed by atoms with E-state index in [0.29, 0.717) is 14.9 Å². The lowest BCUT2D eigenvalue weighted by atomic mass is 10.2. The van der Waals surface area contributed by atoms with Crippen LogP contribution in [-0.4, -0.2) is 39.8 Å². The molecule has 1 heterocycles. The van der Waals surface area contributed by atoms with E-state index in [4.69, 9.17) is 17.0 Å². The van der Waals surface area contributed by atoms with Crippen molar-refractivity contribution in [3.63, 3.8) is 0 Å². The van der Waals surface area contributed by atoms with Crippen molar-refractivity contribution in [1.82, 2.24) is 4.90 Å². The maximum Gasteiger partial charge on any atom is 0.266 e. The van der Waals surface area contributed by atoms with Crippen molar-refractivity contribution >= 4 is 51.9 Å². The lowest BCUT2D eigenvalue weighted by Crippen LogP contribution is -2.36. The van der Waals surface area contributed by atoms with Gasteiger partial charge in [0, 0.05) is 0 Å². The average Bonchev–Trinajstić information content (AvgIpc) is 2.92. The minimum Gasteiger partial charge on any atom is -0.506 e. The van der Waals surface area contributed by atoms with E-state index in [1.807, 2.05) is 19.1 Å². The van der Waals surface area contributed by atoms with Crippen LogP contribution in [0.15, 0.2) is 47.4 Å². The highest BCUT2D eigenvalue weighted by Crippen LogP contribution is 2.33. The number of phenols is 1. The summed E-state index contributed by atoms with van der Waals surface area (Å²) in [6.45, 7) is 1.62. The van der Waals surface area contributed by atoms with Crippen LogP contribution in [0, 0.1) is 6.92 Å². The topological polar surface area (TPSA) is 78.9 Å². The van der Waals surface area contributed by atoms with Gasteiger partial charge in [-0.05, 0) is 48.4 Å². The van der Waals surface area contributed by atoms with Gasteiger partial charge in [0.1, 0.15) is 22.4 Å². The molecule has 2 N–H and O–H groups in total. The fourth-order valence-corrected chi connectivity index (χ4v) is 3.83. The molecule has 0 saturated carbocycles. The Balaban J connectivity index is 1.70. The molecule has 1 aliphatic heterocycles. The summed E-state index contributed by atoms with van der Waals surface area (Å²) in [5.74, 6) is -0.0816. The first-order chi connectivity index (χ1) is 13.4. The molecule has 0 atom stereocenters. The number of thiocarbonyl (C=S) groups is 1. The Kier molecular flexibility index (Phi) is 6.01. The summed E-state index contributed by atoms with van der Waals surface area (Å²) in [5.41, 5.74) is 2.01. The van der Waals surface area contributed by atoms with Crippen molar-refractivity contribution in [2.24, 2.45) is 0 Å². The van der Waals surface area contributed by atoms with E-state index in [9.17, 15) is 14.7 Å². The first kappa shape index (κ1) is 19.9. The molecule has 0 bridgehead atoms. The molecule has 6 nitrogen and oxygen atoms in total. The third kappa shape index (κ3) is 4.52. The number of nitrogens with one attached hydrogen (secondary N) is 1. The summed E-state index contributed by atoms with van der Waals surface area (Å²) in [7, 11) is 1.58. The van der Waals surface area contributed by atoms with Gasteiger partial charge >= 0.3 is 0 Å². The standard InChI is InChI=1S/C20H18N2O4S2/c1-12-3-8-16(23)15(9-12)21-18(24)11-22-19(25)17(28-20(22)27)10-13-4-6-14(26-2)7-5-13/h3-10,23H,11H2,1-2H3,(H,21,24)/b17-10-. The molecular weight excluding hydrogens is 396 g/mol. The van der Waals surface area contributed by atoms with E-state index < -0.39 is 5.91 Å². The number of hydrogen-bond donors (Lipinski definition) is 2. The van der Waals surface area contributed by atoms with E-state index in [2.05, 4.69) is 5.32 Å². The molecule has 0 radical (unpaired) electrons. The van der Waals surface area contributed by atoms with Crippen LogP contribution in [-0.2, 0) is 9.59 Å². The van der Waals surface area contributed by atoms with Crippen LogP contribution in [0.5, 0.6) is 11.5 Å². The fourth-order valence-electron chi connectivity index (χ4n) is 2.57. The predicted molar refractivity (Wildman–Crippen MR) is 114 cm³/mol. The molecule has 28 heavy (non-hydrogen) atoms. The number of benzene rings is 2. The van der Waals surface area contributed by atoms with Crippen LogP contribution in [0.4, 0.5) is 5.69 Å². The Hall–Kier alpha value is -2.84. The molecule has 1 fully saturated rings. The third-order valence-electron chi connectivity index (χ3n) is 4.02. The fraction of sp³-hybridized carbons (Fsp3) is 0.150. The molecule has 0 aromatic heterocycles. The first-order valence-corrected chi connectivity index (χ1v) is 9.59. The molecule has 3 rings (SSSR count). The van der Waals surface area contributed by atoms with Gasteiger partial charge < -0.3 is 15.2 Å². The summed E-state index contributed by atoms with van der Waals surface area (Å²) >= 11 is 6.41. The number of ether oxygens (including phenoxy) is 1. The van der Waals surface area contributed by atoms with E-state index in [0.717, 1.165) is 28.6 Å². The van der Waals surface area contributed by atoms with Crippen molar-refractivity contribution in [3.05, 3.63) is 58.5 Å². The number of hydrogen-bond acceptors (Lipinski definition) is 6. The third-order valence-corrected chi connectivity index (χ3v) is 5.39. The summed E-state index contributed by atoms with van der Waals surface area (Å²) < 4.78 is 5.43. The highest BCUT2D eigenvalue weighted by atomic mass is 32.2. The molecule has 0 aliphatic carbocycles. The number of rotatable bonds is 5. The smallest absolute Gasteiger partial charge is 0.266 e. The largest absolute Gasteiger partial charge is 0.506 e. The summed E-state index contributed by atoms with van der Waals surface area (Å²) in [4.78, 5) is 26.7. The van der Waals surface area contributed by atoms with Crippen LogP contribution in [0.1, 0.15) is 11.1 Å². The van der Waals surface area contributed by atoms with Crippen LogP contribution in [0.3, 0.4) is 0 Å². The van der Waals surface area contributed by atoms with Gasteiger partial charge in [-0.15, -0.1) is 0 Å². The van der Waals surface area contributed by atoms with E-state index in [1.54, 1.807) is 37.5 Å². The Morgan fingerprint density at radius 1 is 1.29 bits per heavy atom. The number of anilines is 1. The minimum atomic E-state index is -0.442. The second-order valence-electron chi connectivity index (χ2n) is 6.11.